The number of carbonyl (C=O) groups is 2. The third kappa shape index (κ3) is 2.63. The first-order valence-electron chi connectivity index (χ1n) is 5.34. The number of hydrogen-bond donors (Lipinski definition) is 3. The maximum atomic E-state index is 10.9. The van der Waals surface area contributed by atoms with E-state index >= 15 is 0 Å². The predicted octanol–water partition coefficient (Wildman–Crippen LogP) is 0.745. The average molecular weight is 231 g/mol. The largest absolute Gasteiger partial charge is 0.480 e. The summed E-state index contributed by atoms with van der Waals surface area (Å²) in [5, 5.41) is 27.8. The van der Waals surface area contributed by atoms with Crippen LogP contribution in [0.25, 0.3) is 0 Å². The van der Waals surface area contributed by atoms with Gasteiger partial charge in [-0.2, -0.15) is 0 Å². The number of unbranched alkanes of at least 4 members (excludes halogenated alkanes) is 1. The van der Waals surface area contributed by atoms with E-state index in [2.05, 4.69) is 0 Å². The smallest absolute Gasteiger partial charge is 0.408 e. The van der Waals surface area contributed by atoms with E-state index in [1.54, 1.807) is 0 Å². The number of carboxylic acids is 1. The van der Waals surface area contributed by atoms with Crippen LogP contribution in [0.3, 0.4) is 0 Å². The Bertz CT molecular complexity index is 269. The van der Waals surface area contributed by atoms with Gasteiger partial charge in [0, 0.05) is 6.42 Å². The zero-order valence-electron chi connectivity index (χ0n) is 9.22. The monoisotopic (exact) mass is 231 g/mol. The van der Waals surface area contributed by atoms with Crippen molar-refractivity contribution in [1.82, 2.24) is 4.90 Å². The molecule has 1 saturated heterocycles. The van der Waals surface area contributed by atoms with Gasteiger partial charge in [-0.05, 0) is 6.42 Å². The summed E-state index contributed by atoms with van der Waals surface area (Å²) in [6.07, 6.45) is 0.773. The van der Waals surface area contributed by atoms with Crippen molar-refractivity contribution in [2.45, 2.75) is 44.2 Å². The lowest BCUT2D eigenvalue weighted by atomic mass is 9.94. The van der Waals surface area contributed by atoms with Crippen LogP contribution in [0.2, 0.25) is 0 Å². The van der Waals surface area contributed by atoms with Gasteiger partial charge in [0.15, 0.2) is 0 Å². The molecule has 2 atom stereocenters. The quantitative estimate of drug-likeness (QED) is 0.663. The zero-order valence-corrected chi connectivity index (χ0v) is 9.22. The summed E-state index contributed by atoms with van der Waals surface area (Å²) in [4.78, 5) is 22.5. The van der Waals surface area contributed by atoms with Crippen molar-refractivity contribution >= 4 is 12.1 Å². The third-order valence-electron chi connectivity index (χ3n) is 2.94. The highest BCUT2D eigenvalue weighted by Gasteiger charge is 2.47. The lowest BCUT2D eigenvalue weighted by Gasteiger charge is -2.21. The van der Waals surface area contributed by atoms with Crippen molar-refractivity contribution in [3.63, 3.8) is 0 Å². The molecule has 0 aliphatic carbocycles. The van der Waals surface area contributed by atoms with Gasteiger partial charge in [-0.3, -0.25) is 4.90 Å². The van der Waals surface area contributed by atoms with Crippen LogP contribution in [0.1, 0.15) is 32.6 Å². The molecule has 0 aromatic heterocycles. The number of rotatable bonds is 4. The molecular weight excluding hydrogens is 214 g/mol. The first-order valence-corrected chi connectivity index (χ1v) is 5.34. The molecule has 1 heterocycles. The van der Waals surface area contributed by atoms with Gasteiger partial charge in [0.1, 0.15) is 6.04 Å². The van der Waals surface area contributed by atoms with Crippen molar-refractivity contribution in [3.8, 4) is 0 Å². The van der Waals surface area contributed by atoms with Gasteiger partial charge in [-0.15, -0.1) is 0 Å². The van der Waals surface area contributed by atoms with Crippen LogP contribution in [-0.2, 0) is 4.79 Å². The highest BCUT2D eigenvalue weighted by atomic mass is 16.4. The van der Waals surface area contributed by atoms with Gasteiger partial charge in [-0.25, -0.2) is 9.59 Å². The lowest BCUT2D eigenvalue weighted by molar-refractivity contribution is -0.141. The molecule has 1 amide bonds. The van der Waals surface area contributed by atoms with Gasteiger partial charge in [0.05, 0.1) is 12.1 Å². The summed E-state index contributed by atoms with van der Waals surface area (Å²) < 4.78 is 0. The van der Waals surface area contributed by atoms with Gasteiger partial charge in [0.25, 0.3) is 0 Å². The minimum absolute atomic E-state index is 0.0192. The molecule has 1 aliphatic heterocycles. The van der Waals surface area contributed by atoms with E-state index in [4.69, 9.17) is 10.2 Å². The highest BCUT2D eigenvalue weighted by molar-refractivity contribution is 5.80. The summed E-state index contributed by atoms with van der Waals surface area (Å²) in [7, 11) is 0. The Morgan fingerprint density at radius 2 is 2.06 bits per heavy atom. The number of aliphatic hydroxyl groups is 1. The Labute approximate surface area is 93.5 Å². The Kier molecular flexibility index (Phi) is 3.74. The summed E-state index contributed by atoms with van der Waals surface area (Å²) in [6, 6.07) is -1.13. The van der Waals surface area contributed by atoms with Gasteiger partial charge in [0.2, 0.25) is 0 Å². The highest BCUT2D eigenvalue weighted by Crippen LogP contribution is 2.31. The SMILES string of the molecule is CCCCC1(O)CC(C(=O)O)N(C(=O)O)C1. The molecule has 0 saturated carbocycles. The molecule has 1 aliphatic rings. The van der Waals surface area contributed by atoms with Crippen molar-refractivity contribution in [2.75, 3.05) is 6.54 Å². The molecule has 3 N–H and O–H groups in total. The van der Waals surface area contributed by atoms with Gasteiger partial charge < -0.3 is 15.3 Å². The summed E-state index contributed by atoms with van der Waals surface area (Å²) >= 11 is 0. The number of likely N-dealkylation sites (tertiary alicyclic amines) is 1. The van der Waals surface area contributed by atoms with E-state index in [0.29, 0.717) is 6.42 Å². The Morgan fingerprint density at radius 3 is 2.44 bits per heavy atom. The van der Waals surface area contributed by atoms with Crippen molar-refractivity contribution in [3.05, 3.63) is 0 Å². The Hall–Kier alpha value is -1.30. The van der Waals surface area contributed by atoms with Crippen LogP contribution in [0.4, 0.5) is 4.79 Å². The minimum atomic E-state index is -1.29. The Balaban J connectivity index is 2.75. The molecule has 0 spiro atoms. The molecule has 0 bridgehead atoms. The molecule has 92 valence electrons. The molecule has 1 fully saturated rings. The second kappa shape index (κ2) is 4.69. The number of carboxylic acid groups (broad SMARTS) is 2. The standard InChI is InChI=1S/C10H17NO5/c1-2-3-4-10(16)5-7(8(12)13)11(6-10)9(14)15/h7,16H,2-6H2,1H3,(H,12,13)(H,14,15). The van der Waals surface area contributed by atoms with Gasteiger partial charge >= 0.3 is 12.1 Å². The maximum Gasteiger partial charge on any atom is 0.408 e. The normalized spacial score (nSPS) is 29.4. The Morgan fingerprint density at radius 1 is 1.44 bits per heavy atom. The van der Waals surface area contributed by atoms with Crippen LogP contribution < -0.4 is 0 Å². The number of β-amino-alcohol motifs (C(OH)–C–C–N with tert-alkyl or cyclic N) is 1. The average Bonchev–Trinajstić information content (AvgIpc) is 2.55. The number of aliphatic carboxylic acids is 1. The summed E-state index contributed by atoms with van der Waals surface area (Å²) in [5.41, 5.74) is -1.18. The molecule has 16 heavy (non-hydrogen) atoms. The number of amides is 1. The molecule has 0 aromatic rings. The topological polar surface area (TPSA) is 98.1 Å². The zero-order chi connectivity index (χ0) is 12.3. The van der Waals surface area contributed by atoms with Crippen LogP contribution in [0.15, 0.2) is 0 Å². The second-order valence-electron chi connectivity index (χ2n) is 4.30. The molecule has 1 rings (SSSR count). The fourth-order valence-corrected chi connectivity index (χ4v) is 2.07. The van der Waals surface area contributed by atoms with E-state index in [1.807, 2.05) is 6.92 Å². The first kappa shape index (κ1) is 12.8. The maximum absolute atomic E-state index is 10.9. The van der Waals surface area contributed by atoms with E-state index in [9.17, 15) is 14.7 Å². The van der Waals surface area contributed by atoms with E-state index in [-0.39, 0.29) is 13.0 Å². The van der Waals surface area contributed by atoms with Crippen LogP contribution in [0, 0.1) is 0 Å². The molecule has 2 unspecified atom stereocenters. The lowest BCUT2D eigenvalue weighted by Crippen LogP contribution is -2.40. The fourth-order valence-electron chi connectivity index (χ4n) is 2.07. The van der Waals surface area contributed by atoms with Crippen molar-refractivity contribution < 1.29 is 24.9 Å². The molecule has 0 radical (unpaired) electrons. The molecule has 0 aromatic carbocycles. The first-order chi connectivity index (χ1) is 7.39. The third-order valence-corrected chi connectivity index (χ3v) is 2.94. The number of nitrogens with zero attached hydrogens (tertiary/aromatic N) is 1. The van der Waals surface area contributed by atoms with Crippen LogP contribution >= 0.6 is 0 Å². The second-order valence-corrected chi connectivity index (χ2v) is 4.30. The van der Waals surface area contributed by atoms with Crippen molar-refractivity contribution in [2.24, 2.45) is 0 Å². The summed E-state index contributed by atoms with van der Waals surface area (Å²) in [6.45, 7) is 1.85. The van der Waals surface area contributed by atoms with Crippen LogP contribution in [-0.4, -0.2) is 50.5 Å². The molecule has 6 heteroatoms. The van der Waals surface area contributed by atoms with Crippen molar-refractivity contribution in [1.29, 1.82) is 0 Å². The fraction of sp³-hybridized carbons (Fsp3) is 0.800. The van der Waals surface area contributed by atoms with Gasteiger partial charge in [-0.1, -0.05) is 19.8 Å². The van der Waals surface area contributed by atoms with Crippen LogP contribution in [0.5, 0.6) is 0 Å². The minimum Gasteiger partial charge on any atom is -0.480 e. The number of hydrogen-bond acceptors (Lipinski definition) is 3. The predicted molar refractivity (Wildman–Crippen MR) is 55.2 cm³/mol. The molecular formula is C10H17NO5. The summed E-state index contributed by atoms with van der Waals surface area (Å²) in [5.74, 6) is -1.20. The van der Waals surface area contributed by atoms with E-state index in [0.717, 1.165) is 17.7 Å². The van der Waals surface area contributed by atoms with E-state index < -0.39 is 23.7 Å². The van der Waals surface area contributed by atoms with E-state index in [1.165, 1.54) is 0 Å². The molecule has 6 nitrogen and oxygen atoms in total.